The van der Waals surface area contributed by atoms with E-state index >= 15 is 0 Å². The van der Waals surface area contributed by atoms with Crippen molar-refractivity contribution in [3.63, 3.8) is 0 Å². The second kappa shape index (κ2) is 10.9. The zero-order chi connectivity index (χ0) is 24.8. The Morgan fingerprint density at radius 1 is 1.00 bits per heavy atom. The fourth-order valence-corrected chi connectivity index (χ4v) is 3.79. The van der Waals surface area contributed by atoms with Gasteiger partial charge in [-0.25, -0.2) is 5.43 Å². The molecule has 3 aromatic rings. The number of ether oxygens (including phenoxy) is 1. The van der Waals surface area contributed by atoms with E-state index in [1.807, 2.05) is 6.07 Å². The summed E-state index contributed by atoms with van der Waals surface area (Å²) in [5.41, 5.74) is 9.52. The second-order valence-electron chi connectivity index (χ2n) is 7.82. The van der Waals surface area contributed by atoms with Gasteiger partial charge in [-0.15, -0.1) is 0 Å². The number of nitrogens with one attached hydrogen (secondary N) is 3. The largest absolute Gasteiger partial charge is 0.484 e. The Morgan fingerprint density at radius 3 is 2.49 bits per heavy atom. The summed E-state index contributed by atoms with van der Waals surface area (Å²) in [5.74, 6) is -0.285. The highest BCUT2D eigenvalue weighted by atomic mass is 35.5. The summed E-state index contributed by atoms with van der Waals surface area (Å²) in [6.07, 6.45) is 2.00. The van der Waals surface area contributed by atoms with Crippen LogP contribution in [0.3, 0.4) is 0 Å². The molecule has 1 aliphatic rings. The van der Waals surface area contributed by atoms with Crippen molar-refractivity contribution in [2.75, 3.05) is 6.61 Å². The number of amides is 3. The molecule has 0 saturated carbocycles. The van der Waals surface area contributed by atoms with E-state index in [4.69, 9.17) is 20.8 Å². The maximum absolute atomic E-state index is 12.7. The Bertz CT molecular complexity index is 1270. The summed E-state index contributed by atoms with van der Waals surface area (Å²) in [4.78, 5) is 37.1. The van der Waals surface area contributed by atoms with E-state index in [2.05, 4.69) is 21.4 Å². The minimum absolute atomic E-state index is 0.0675. The molecule has 3 amide bonds. The van der Waals surface area contributed by atoms with Gasteiger partial charge in [0.15, 0.2) is 12.4 Å². The number of hydrazine groups is 1. The van der Waals surface area contributed by atoms with Crippen molar-refractivity contribution in [3.8, 4) is 5.75 Å². The molecular weight excluding hydrogens is 472 g/mol. The number of aryl methyl sites for hydroxylation is 1. The first-order valence-corrected chi connectivity index (χ1v) is 11.3. The van der Waals surface area contributed by atoms with Crippen LogP contribution < -0.4 is 21.0 Å². The minimum atomic E-state index is -0.602. The molecule has 0 saturated heterocycles. The fourth-order valence-electron chi connectivity index (χ4n) is 3.67. The van der Waals surface area contributed by atoms with E-state index in [1.165, 1.54) is 0 Å². The quantitative estimate of drug-likeness (QED) is 0.452. The Hall–Kier alpha value is -4.11. The number of carbonyl (C=O) groups is 3. The minimum Gasteiger partial charge on any atom is -0.484 e. The number of furan rings is 1. The van der Waals surface area contributed by atoms with Crippen molar-refractivity contribution in [2.24, 2.45) is 5.10 Å². The molecule has 1 aromatic heterocycles. The Morgan fingerprint density at radius 2 is 1.74 bits per heavy atom. The van der Waals surface area contributed by atoms with Crippen LogP contribution in [0, 0.1) is 6.92 Å². The standard InChI is InChI=1S/C25H23ClN4O5/c1-15-22-19(27-29-24(32)16-10-12-17(26)13-11-16)8-5-9-20(22)35-23(15)25(33)30-28-21(31)14-34-18-6-3-2-4-7-18/h2-4,6-7,10-13H,5,8-9,14H2,1H3,(H,28,31)(H,29,32)(H,30,33)/b27-19+. The molecule has 0 bridgehead atoms. The van der Waals surface area contributed by atoms with Gasteiger partial charge in [0.05, 0.1) is 5.71 Å². The molecule has 10 heteroatoms. The average molecular weight is 495 g/mol. The monoisotopic (exact) mass is 494 g/mol. The highest BCUT2D eigenvalue weighted by molar-refractivity contribution is 6.30. The third-order valence-electron chi connectivity index (χ3n) is 5.36. The number of halogens is 1. The lowest BCUT2D eigenvalue weighted by atomic mass is 9.93. The SMILES string of the molecule is Cc1c(C(=O)NNC(=O)COc2ccccc2)oc2c1/C(=N/NC(=O)c1ccc(Cl)cc1)CCC2. The molecule has 180 valence electrons. The molecule has 0 atom stereocenters. The number of para-hydroxylation sites is 1. The van der Waals surface area contributed by atoms with Crippen molar-refractivity contribution >= 4 is 35.0 Å². The number of hydrogen-bond acceptors (Lipinski definition) is 6. The molecule has 9 nitrogen and oxygen atoms in total. The molecule has 0 spiro atoms. The zero-order valence-corrected chi connectivity index (χ0v) is 19.6. The highest BCUT2D eigenvalue weighted by Gasteiger charge is 2.28. The number of nitrogens with zero attached hydrogens (tertiary/aromatic N) is 1. The van der Waals surface area contributed by atoms with E-state index < -0.39 is 11.8 Å². The molecule has 2 aromatic carbocycles. The maximum atomic E-state index is 12.7. The zero-order valence-electron chi connectivity index (χ0n) is 18.9. The van der Waals surface area contributed by atoms with Crippen LogP contribution in [0.15, 0.2) is 64.1 Å². The summed E-state index contributed by atoms with van der Waals surface area (Å²) >= 11 is 5.87. The van der Waals surface area contributed by atoms with E-state index in [-0.39, 0.29) is 18.3 Å². The van der Waals surface area contributed by atoms with Gasteiger partial charge in [-0.2, -0.15) is 5.10 Å². The number of fused-ring (bicyclic) bond motifs is 1. The summed E-state index contributed by atoms with van der Waals surface area (Å²) < 4.78 is 11.1. The van der Waals surface area contributed by atoms with Crippen molar-refractivity contribution in [1.29, 1.82) is 0 Å². The van der Waals surface area contributed by atoms with Gasteiger partial charge >= 0.3 is 5.91 Å². The van der Waals surface area contributed by atoms with Crippen LogP contribution in [0.5, 0.6) is 5.75 Å². The van der Waals surface area contributed by atoms with Gasteiger partial charge in [0.1, 0.15) is 11.5 Å². The topological polar surface area (TPSA) is 122 Å². The van der Waals surface area contributed by atoms with Gasteiger partial charge in [0, 0.05) is 28.1 Å². The van der Waals surface area contributed by atoms with Crippen LogP contribution in [0.25, 0.3) is 0 Å². The van der Waals surface area contributed by atoms with E-state index in [1.54, 1.807) is 55.5 Å². The number of hydrazone groups is 1. The van der Waals surface area contributed by atoms with Crippen molar-refractivity contribution in [2.45, 2.75) is 26.2 Å². The van der Waals surface area contributed by atoms with Gasteiger partial charge < -0.3 is 9.15 Å². The van der Waals surface area contributed by atoms with E-state index in [0.29, 0.717) is 51.8 Å². The third kappa shape index (κ3) is 5.88. The lowest BCUT2D eigenvalue weighted by Gasteiger charge is -2.13. The summed E-state index contributed by atoms with van der Waals surface area (Å²) in [5, 5.41) is 4.82. The number of carbonyl (C=O) groups excluding carboxylic acids is 3. The molecule has 0 unspecified atom stereocenters. The molecule has 1 aliphatic carbocycles. The van der Waals surface area contributed by atoms with Crippen molar-refractivity contribution in [1.82, 2.24) is 16.3 Å². The smallest absolute Gasteiger partial charge is 0.305 e. The van der Waals surface area contributed by atoms with Gasteiger partial charge in [-0.3, -0.25) is 25.2 Å². The first-order valence-electron chi connectivity index (χ1n) is 10.9. The Balaban J connectivity index is 1.39. The Labute approximate surface area is 206 Å². The average Bonchev–Trinajstić information content (AvgIpc) is 3.22. The molecule has 3 N–H and O–H groups in total. The van der Waals surface area contributed by atoms with Crippen LogP contribution in [0.4, 0.5) is 0 Å². The molecule has 0 radical (unpaired) electrons. The van der Waals surface area contributed by atoms with Gasteiger partial charge in [-0.1, -0.05) is 29.8 Å². The normalized spacial score (nSPS) is 13.6. The van der Waals surface area contributed by atoms with Gasteiger partial charge in [0.25, 0.3) is 11.8 Å². The lowest BCUT2D eigenvalue weighted by Crippen LogP contribution is -2.43. The molecule has 0 aliphatic heterocycles. The molecule has 35 heavy (non-hydrogen) atoms. The van der Waals surface area contributed by atoms with Crippen LogP contribution >= 0.6 is 11.6 Å². The van der Waals surface area contributed by atoms with Gasteiger partial charge in [-0.05, 0) is 56.2 Å². The molecule has 1 heterocycles. The van der Waals surface area contributed by atoms with Gasteiger partial charge in [0.2, 0.25) is 0 Å². The van der Waals surface area contributed by atoms with Crippen molar-refractivity contribution < 1.29 is 23.5 Å². The summed E-state index contributed by atoms with van der Waals surface area (Å²) in [6, 6.07) is 15.3. The first-order chi connectivity index (χ1) is 16.9. The molecular formula is C25H23ClN4O5. The number of rotatable bonds is 6. The van der Waals surface area contributed by atoms with Crippen molar-refractivity contribution in [3.05, 3.63) is 87.8 Å². The van der Waals surface area contributed by atoms with Crippen LogP contribution in [-0.2, 0) is 11.2 Å². The molecule has 0 fully saturated rings. The highest BCUT2D eigenvalue weighted by Crippen LogP contribution is 2.29. The maximum Gasteiger partial charge on any atom is 0.305 e. The fraction of sp³-hybridized carbons (Fsp3) is 0.200. The van der Waals surface area contributed by atoms with Crippen LogP contribution in [0.1, 0.15) is 50.6 Å². The number of hydrogen-bond donors (Lipinski definition) is 3. The predicted molar refractivity (Wildman–Crippen MR) is 129 cm³/mol. The van der Waals surface area contributed by atoms with E-state index in [0.717, 1.165) is 6.42 Å². The molecule has 4 rings (SSSR count). The first kappa shape index (κ1) is 24.0. The summed E-state index contributed by atoms with van der Waals surface area (Å²) in [7, 11) is 0. The second-order valence-corrected chi connectivity index (χ2v) is 8.25. The van der Waals surface area contributed by atoms with Crippen LogP contribution in [0.2, 0.25) is 5.02 Å². The summed E-state index contributed by atoms with van der Waals surface area (Å²) in [6.45, 7) is 1.47. The predicted octanol–water partition coefficient (Wildman–Crippen LogP) is 3.55. The Kier molecular flexibility index (Phi) is 7.47. The number of benzene rings is 2. The van der Waals surface area contributed by atoms with Crippen LogP contribution in [-0.4, -0.2) is 30.0 Å². The van der Waals surface area contributed by atoms with E-state index in [9.17, 15) is 14.4 Å². The lowest BCUT2D eigenvalue weighted by molar-refractivity contribution is -0.123. The third-order valence-corrected chi connectivity index (χ3v) is 5.61.